The predicted molar refractivity (Wildman–Crippen MR) is 72.0 cm³/mol. The van der Waals surface area contributed by atoms with Crippen LogP contribution in [0.25, 0.3) is 0 Å². The summed E-state index contributed by atoms with van der Waals surface area (Å²) in [5, 5.41) is 0. The van der Waals surface area contributed by atoms with Crippen molar-refractivity contribution in [2.45, 2.75) is 13.3 Å². The van der Waals surface area contributed by atoms with Crippen LogP contribution in [0.1, 0.15) is 13.3 Å². The number of para-hydroxylation sites is 1. The summed E-state index contributed by atoms with van der Waals surface area (Å²) in [4.78, 5) is 33.7. The predicted octanol–water partition coefficient (Wildman–Crippen LogP) is 1.92. The minimum atomic E-state index is -0.727. The Morgan fingerprint density at radius 3 is 2.50 bits per heavy atom. The van der Waals surface area contributed by atoms with E-state index in [1.807, 2.05) is 0 Å². The van der Waals surface area contributed by atoms with E-state index in [9.17, 15) is 14.4 Å². The second kappa shape index (κ2) is 7.89. The Hall–Kier alpha value is -2.43. The van der Waals surface area contributed by atoms with Crippen molar-refractivity contribution in [1.82, 2.24) is 0 Å². The van der Waals surface area contributed by atoms with Gasteiger partial charge in [-0.05, 0) is 19.1 Å². The molecule has 0 saturated carbocycles. The van der Waals surface area contributed by atoms with Gasteiger partial charge >= 0.3 is 11.9 Å². The molecule has 0 fully saturated rings. The number of hydrogen-bond donors (Lipinski definition) is 0. The van der Waals surface area contributed by atoms with Crippen molar-refractivity contribution >= 4 is 18.2 Å². The molecular formula is C15H16O5. The van der Waals surface area contributed by atoms with Gasteiger partial charge < -0.3 is 14.3 Å². The molecular weight excluding hydrogens is 260 g/mol. The fourth-order valence-corrected chi connectivity index (χ4v) is 1.33. The van der Waals surface area contributed by atoms with Crippen molar-refractivity contribution in [3.63, 3.8) is 0 Å². The van der Waals surface area contributed by atoms with Crippen molar-refractivity contribution in [3.8, 4) is 5.75 Å². The summed E-state index contributed by atoms with van der Waals surface area (Å²) < 4.78 is 9.88. The normalized spacial score (nSPS) is 11.2. The zero-order valence-corrected chi connectivity index (χ0v) is 11.2. The number of ether oxygens (including phenoxy) is 2. The maximum atomic E-state index is 11.6. The maximum absolute atomic E-state index is 11.6. The van der Waals surface area contributed by atoms with Crippen molar-refractivity contribution in [1.29, 1.82) is 0 Å². The molecule has 0 radical (unpaired) electrons. The average molecular weight is 276 g/mol. The van der Waals surface area contributed by atoms with Crippen LogP contribution in [0.5, 0.6) is 5.75 Å². The minimum Gasteiger partial charge on any atom is -0.462 e. The maximum Gasteiger partial charge on any atom is 0.333 e. The van der Waals surface area contributed by atoms with E-state index in [1.165, 1.54) is 6.92 Å². The fourth-order valence-electron chi connectivity index (χ4n) is 1.33. The van der Waals surface area contributed by atoms with Crippen LogP contribution >= 0.6 is 0 Å². The number of carbonyl (C=O) groups is 3. The summed E-state index contributed by atoms with van der Waals surface area (Å²) in [7, 11) is 0. The second-order valence-corrected chi connectivity index (χ2v) is 4.27. The smallest absolute Gasteiger partial charge is 0.333 e. The lowest BCUT2D eigenvalue weighted by Crippen LogP contribution is -2.21. The van der Waals surface area contributed by atoms with E-state index < -0.39 is 17.9 Å². The van der Waals surface area contributed by atoms with Gasteiger partial charge in [-0.2, -0.15) is 0 Å². The Balaban J connectivity index is 2.43. The number of rotatable bonds is 7. The van der Waals surface area contributed by atoms with Gasteiger partial charge in [0.05, 0.1) is 12.3 Å². The third-order valence-corrected chi connectivity index (χ3v) is 2.37. The molecule has 0 aliphatic carbocycles. The quantitative estimate of drug-likeness (QED) is 0.329. The Morgan fingerprint density at radius 2 is 1.95 bits per heavy atom. The Morgan fingerprint density at radius 1 is 1.30 bits per heavy atom. The summed E-state index contributed by atoms with van der Waals surface area (Å²) in [6, 6.07) is 8.52. The van der Waals surface area contributed by atoms with Gasteiger partial charge in [-0.15, -0.1) is 0 Å². The highest BCUT2D eigenvalue weighted by molar-refractivity contribution is 5.87. The lowest BCUT2D eigenvalue weighted by Gasteiger charge is -2.10. The Bertz CT molecular complexity index is 492. The molecule has 5 nitrogen and oxygen atoms in total. The molecule has 0 bridgehead atoms. The molecule has 0 aromatic heterocycles. The first-order chi connectivity index (χ1) is 9.52. The molecule has 1 rings (SSSR count). The average Bonchev–Trinajstić information content (AvgIpc) is 2.43. The second-order valence-electron chi connectivity index (χ2n) is 4.27. The largest absolute Gasteiger partial charge is 0.462 e. The summed E-state index contributed by atoms with van der Waals surface area (Å²) in [5.74, 6) is -1.47. The van der Waals surface area contributed by atoms with Crippen molar-refractivity contribution in [3.05, 3.63) is 42.5 Å². The van der Waals surface area contributed by atoms with Gasteiger partial charge in [-0.25, -0.2) is 4.79 Å². The van der Waals surface area contributed by atoms with E-state index in [-0.39, 0.29) is 18.6 Å². The van der Waals surface area contributed by atoms with E-state index in [2.05, 4.69) is 6.58 Å². The number of hydrogen-bond acceptors (Lipinski definition) is 5. The van der Waals surface area contributed by atoms with Crippen LogP contribution in [-0.4, -0.2) is 24.8 Å². The highest BCUT2D eigenvalue weighted by Gasteiger charge is 2.17. The number of aldehydes is 1. The lowest BCUT2D eigenvalue weighted by molar-refractivity contribution is -0.144. The molecule has 1 aromatic rings. The van der Waals surface area contributed by atoms with E-state index >= 15 is 0 Å². The van der Waals surface area contributed by atoms with Crippen LogP contribution in [0.15, 0.2) is 42.5 Å². The van der Waals surface area contributed by atoms with Crippen LogP contribution in [0, 0.1) is 5.92 Å². The molecule has 20 heavy (non-hydrogen) atoms. The summed E-state index contributed by atoms with van der Waals surface area (Å²) in [6.07, 6.45) is 0.416. The van der Waals surface area contributed by atoms with E-state index in [0.29, 0.717) is 12.0 Å². The first kappa shape index (κ1) is 15.6. The monoisotopic (exact) mass is 276 g/mol. The molecule has 0 N–H and O–H groups in total. The minimum absolute atomic E-state index is 0.151. The fraction of sp³-hybridized carbons (Fsp3) is 0.267. The molecule has 0 spiro atoms. The molecule has 1 atom stereocenters. The molecule has 0 aliphatic rings. The van der Waals surface area contributed by atoms with Crippen molar-refractivity contribution in [2.24, 2.45) is 5.92 Å². The van der Waals surface area contributed by atoms with Gasteiger partial charge in [0, 0.05) is 5.57 Å². The number of esters is 2. The van der Waals surface area contributed by atoms with Gasteiger partial charge in [-0.1, -0.05) is 24.8 Å². The van der Waals surface area contributed by atoms with Gasteiger partial charge in [0.15, 0.2) is 0 Å². The molecule has 0 amide bonds. The SMILES string of the molecule is C=C(C)C(=O)OCC(C=O)CC(=O)Oc1ccccc1. The van der Waals surface area contributed by atoms with Crippen LogP contribution in [0.2, 0.25) is 0 Å². The summed E-state index contributed by atoms with van der Waals surface area (Å²) in [5.41, 5.74) is 0.238. The van der Waals surface area contributed by atoms with E-state index in [0.717, 1.165) is 0 Å². The summed E-state index contributed by atoms with van der Waals surface area (Å²) in [6.45, 7) is 4.76. The van der Waals surface area contributed by atoms with E-state index in [1.54, 1.807) is 30.3 Å². The zero-order valence-electron chi connectivity index (χ0n) is 11.2. The third-order valence-electron chi connectivity index (χ3n) is 2.37. The van der Waals surface area contributed by atoms with Crippen LogP contribution < -0.4 is 4.74 Å². The van der Waals surface area contributed by atoms with E-state index in [4.69, 9.17) is 9.47 Å². The highest BCUT2D eigenvalue weighted by Crippen LogP contribution is 2.11. The summed E-state index contributed by atoms with van der Waals surface area (Å²) >= 11 is 0. The Labute approximate surface area is 117 Å². The van der Waals surface area contributed by atoms with Crippen molar-refractivity contribution < 1.29 is 23.9 Å². The molecule has 0 heterocycles. The topological polar surface area (TPSA) is 69.7 Å². The first-order valence-electron chi connectivity index (χ1n) is 6.06. The van der Waals surface area contributed by atoms with Crippen LogP contribution in [0.4, 0.5) is 0 Å². The van der Waals surface area contributed by atoms with Gasteiger partial charge in [-0.3, -0.25) is 4.79 Å². The molecule has 1 unspecified atom stereocenters. The molecule has 0 saturated heterocycles. The third kappa shape index (κ3) is 5.48. The molecule has 1 aromatic carbocycles. The number of carbonyl (C=O) groups excluding carboxylic acids is 3. The first-order valence-corrected chi connectivity index (χ1v) is 6.06. The number of benzene rings is 1. The van der Waals surface area contributed by atoms with Gasteiger partial charge in [0.2, 0.25) is 0 Å². The molecule has 0 aliphatic heterocycles. The van der Waals surface area contributed by atoms with Gasteiger partial charge in [0.25, 0.3) is 0 Å². The lowest BCUT2D eigenvalue weighted by atomic mass is 10.1. The standard InChI is InChI=1S/C15H16O5/c1-11(2)15(18)19-10-12(9-16)8-14(17)20-13-6-4-3-5-7-13/h3-7,9,12H,1,8,10H2,2H3. The Kier molecular flexibility index (Phi) is 6.16. The molecule has 5 heteroatoms. The molecule has 106 valence electrons. The van der Waals surface area contributed by atoms with Crippen LogP contribution in [0.3, 0.4) is 0 Å². The highest BCUT2D eigenvalue weighted by atomic mass is 16.5. The van der Waals surface area contributed by atoms with Crippen LogP contribution in [-0.2, 0) is 19.1 Å². The van der Waals surface area contributed by atoms with Gasteiger partial charge in [0.1, 0.15) is 18.6 Å². The zero-order chi connectivity index (χ0) is 15.0. The van der Waals surface area contributed by atoms with Crippen molar-refractivity contribution in [2.75, 3.05) is 6.61 Å².